The van der Waals surface area contributed by atoms with Gasteiger partial charge in [0, 0.05) is 12.0 Å². The maximum Gasteiger partial charge on any atom is 0.188 e. The molecule has 1 aromatic heterocycles. The summed E-state index contributed by atoms with van der Waals surface area (Å²) in [6.45, 7) is 0. The zero-order valence-electron chi connectivity index (χ0n) is 9.87. The summed E-state index contributed by atoms with van der Waals surface area (Å²) >= 11 is 1.13. The third-order valence-corrected chi connectivity index (χ3v) is 5.77. The predicted molar refractivity (Wildman–Crippen MR) is 71.7 cm³/mol. The Labute approximate surface area is 114 Å². The lowest BCUT2D eigenvalue weighted by atomic mass is 10.1. The molecule has 0 unspecified atom stereocenters. The molecule has 0 saturated heterocycles. The van der Waals surface area contributed by atoms with Gasteiger partial charge in [0.05, 0.1) is 5.75 Å². The molecule has 2 aromatic rings. The fourth-order valence-corrected chi connectivity index (χ4v) is 3.94. The Kier molecular flexibility index (Phi) is 4.11. The monoisotopic (exact) mass is 298 g/mol. The normalized spacial score (nSPS) is 11.4. The fourth-order valence-electron chi connectivity index (χ4n) is 1.55. The minimum Gasteiger partial charge on any atom is -0.294 e. The van der Waals surface area contributed by atoms with Crippen molar-refractivity contribution in [2.75, 3.05) is 5.75 Å². The minimum atomic E-state index is -3.40. The number of rotatable bonds is 5. The molecule has 19 heavy (non-hydrogen) atoms. The smallest absolute Gasteiger partial charge is 0.188 e. The standard InChI is InChI=1S/C13H11FO3S2/c14-11-5-3-10(4-6-11)12(15)7-9-19(16,17)13-2-1-8-18-13/h1-6,8H,7,9H2. The molecule has 0 aliphatic heterocycles. The van der Waals surface area contributed by atoms with Crippen LogP contribution in [0.2, 0.25) is 0 Å². The van der Waals surface area contributed by atoms with Crippen molar-refractivity contribution in [3.05, 3.63) is 53.2 Å². The van der Waals surface area contributed by atoms with E-state index in [-0.39, 0.29) is 22.2 Å². The van der Waals surface area contributed by atoms with E-state index >= 15 is 0 Å². The topological polar surface area (TPSA) is 51.2 Å². The minimum absolute atomic E-state index is 0.105. The first-order chi connectivity index (χ1) is 8.99. The second kappa shape index (κ2) is 5.63. The molecule has 3 nitrogen and oxygen atoms in total. The molecular formula is C13H11FO3S2. The van der Waals surface area contributed by atoms with Crippen LogP contribution >= 0.6 is 11.3 Å². The average Bonchev–Trinajstić information content (AvgIpc) is 2.91. The van der Waals surface area contributed by atoms with Crippen molar-refractivity contribution in [3.8, 4) is 0 Å². The Bertz CT molecular complexity index is 658. The van der Waals surface area contributed by atoms with Gasteiger partial charge in [0.1, 0.15) is 10.0 Å². The highest BCUT2D eigenvalue weighted by Gasteiger charge is 2.18. The molecular weight excluding hydrogens is 287 g/mol. The number of benzene rings is 1. The molecule has 6 heteroatoms. The fraction of sp³-hybridized carbons (Fsp3) is 0.154. The van der Waals surface area contributed by atoms with Crippen molar-refractivity contribution in [3.63, 3.8) is 0 Å². The van der Waals surface area contributed by atoms with Gasteiger partial charge >= 0.3 is 0 Å². The first-order valence-electron chi connectivity index (χ1n) is 5.54. The average molecular weight is 298 g/mol. The summed E-state index contributed by atoms with van der Waals surface area (Å²) in [5, 5.41) is 1.68. The lowest BCUT2D eigenvalue weighted by Crippen LogP contribution is -2.10. The van der Waals surface area contributed by atoms with E-state index in [9.17, 15) is 17.6 Å². The summed E-state index contributed by atoms with van der Waals surface area (Å²) in [5.41, 5.74) is 0.322. The predicted octanol–water partition coefficient (Wildman–Crippen LogP) is 2.93. The molecule has 0 saturated carbocycles. The zero-order chi connectivity index (χ0) is 13.9. The number of carbonyl (C=O) groups excluding carboxylic acids is 1. The van der Waals surface area contributed by atoms with Crippen LogP contribution in [0.5, 0.6) is 0 Å². The van der Waals surface area contributed by atoms with E-state index in [1.54, 1.807) is 11.4 Å². The molecule has 0 atom stereocenters. The summed E-state index contributed by atoms with van der Waals surface area (Å²) in [6, 6.07) is 8.24. The van der Waals surface area contributed by atoms with Crippen LogP contribution in [0.15, 0.2) is 46.0 Å². The summed E-state index contributed by atoms with van der Waals surface area (Å²) < 4.78 is 36.7. The highest BCUT2D eigenvalue weighted by atomic mass is 32.2. The first-order valence-corrected chi connectivity index (χ1v) is 8.07. The Morgan fingerprint density at radius 1 is 1.16 bits per heavy atom. The van der Waals surface area contributed by atoms with Crippen LogP contribution < -0.4 is 0 Å². The Morgan fingerprint density at radius 3 is 2.42 bits per heavy atom. The quantitative estimate of drug-likeness (QED) is 0.797. The van der Waals surface area contributed by atoms with Crippen molar-refractivity contribution in [2.45, 2.75) is 10.6 Å². The van der Waals surface area contributed by atoms with Crippen LogP contribution in [0.3, 0.4) is 0 Å². The lowest BCUT2D eigenvalue weighted by Gasteiger charge is -2.02. The molecule has 0 spiro atoms. The van der Waals surface area contributed by atoms with Crippen LogP contribution in [0, 0.1) is 5.82 Å². The van der Waals surface area contributed by atoms with Gasteiger partial charge in [-0.1, -0.05) is 6.07 Å². The van der Waals surface area contributed by atoms with Crippen molar-refractivity contribution in [2.24, 2.45) is 0 Å². The third-order valence-electron chi connectivity index (χ3n) is 2.57. The maximum absolute atomic E-state index is 12.7. The van der Waals surface area contributed by atoms with Gasteiger partial charge in [0.15, 0.2) is 15.6 Å². The summed E-state index contributed by atoms with van der Waals surface area (Å²) in [6.07, 6.45) is -0.105. The van der Waals surface area contributed by atoms with E-state index in [1.165, 1.54) is 30.3 Å². The van der Waals surface area contributed by atoms with Crippen LogP contribution in [-0.2, 0) is 9.84 Å². The van der Waals surface area contributed by atoms with Crippen molar-refractivity contribution in [1.29, 1.82) is 0 Å². The third kappa shape index (κ3) is 3.48. The van der Waals surface area contributed by atoms with E-state index < -0.39 is 15.7 Å². The lowest BCUT2D eigenvalue weighted by molar-refractivity contribution is 0.0988. The highest BCUT2D eigenvalue weighted by molar-refractivity contribution is 7.93. The molecule has 0 fully saturated rings. The number of Topliss-reactive ketones (excluding diaryl/α,β-unsaturated/α-hetero) is 1. The number of ketones is 1. The zero-order valence-corrected chi connectivity index (χ0v) is 11.5. The Morgan fingerprint density at radius 2 is 1.84 bits per heavy atom. The number of hydrogen-bond acceptors (Lipinski definition) is 4. The number of carbonyl (C=O) groups is 1. The maximum atomic E-state index is 12.7. The van der Waals surface area contributed by atoms with E-state index in [0.29, 0.717) is 5.56 Å². The highest BCUT2D eigenvalue weighted by Crippen LogP contribution is 2.18. The van der Waals surface area contributed by atoms with E-state index in [1.807, 2.05) is 0 Å². The van der Waals surface area contributed by atoms with Gasteiger partial charge in [-0.2, -0.15) is 0 Å². The Balaban J connectivity index is 2.03. The van der Waals surface area contributed by atoms with Gasteiger partial charge in [0.25, 0.3) is 0 Å². The molecule has 1 aromatic carbocycles. The van der Waals surface area contributed by atoms with Crippen molar-refractivity contribution < 1.29 is 17.6 Å². The molecule has 0 radical (unpaired) electrons. The summed E-state index contributed by atoms with van der Waals surface area (Å²) in [5.74, 6) is -0.966. The van der Waals surface area contributed by atoms with Crippen molar-refractivity contribution >= 4 is 27.0 Å². The molecule has 0 N–H and O–H groups in total. The van der Waals surface area contributed by atoms with E-state index in [2.05, 4.69) is 0 Å². The van der Waals surface area contributed by atoms with Crippen LogP contribution in [0.4, 0.5) is 4.39 Å². The molecule has 0 bridgehead atoms. The number of halogens is 1. The first kappa shape index (κ1) is 13.9. The summed E-state index contributed by atoms with van der Waals surface area (Å²) in [7, 11) is -3.40. The van der Waals surface area contributed by atoms with Gasteiger partial charge in [-0.05, 0) is 35.7 Å². The number of hydrogen-bond donors (Lipinski definition) is 0. The molecule has 0 aliphatic carbocycles. The Hall–Kier alpha value is -1.53. The number of thiophene rings is 1. The molecule has 0 aliphatic rings. The van der Waals surface area contributed by atoms with Gasteiger partial charge in [-0.15, -0.1) is 11.3 Å². The molecule has 100 valence electrons. The molecule has 2 rings (SSSR count). The molecule has 0 amide bonds. The van der Waals surface area contributed by atoms with Gasteiger partial charge in [-0.3, -0.25) is 4.79 Å². The van der Waals surface area contributed by atoms with Gasteiger partial charge in [0.2, 0.25) is 0 Å². The van der Waals surface area contributed by atoms with Crippen LogP contribution in [0.1, 0.15) is 16.8 Å². The van der Waals surface area contributed by atoms with Crippen LogP contribution in [0.25, 0.3) is 0 Å². The van der Waals surface area contributed by atoms with Crippen molar-refractivity contribution in [1.82, 2.24) is 0 Å². The largest absolute Gasteiger partial charge is 0.294 e. The summed E-state index contributed by atoms with van der Waals surface area (Å²) in [4.78, 5) is 11.8. The van der Waals surface area contributed by atoms with E-state index in [0.717, 1.165) is 11.3 Å². The second-order valence-corrected chi connectivity index (χ2v) is 7.21. The van der Waals surface area contributed by atoms with Gasteiger partial charge in [-0.25, -0.2) is 12.8 Å². The SMILES string of the molecule is O=C(CCS(=O)(=O)c1cccs1)c1ccc(F)cc1. The molecule has 1 heterocycles. The van der Waals surface area contributed by atoms with Crippen LogP contribution in [-0.4, -0.2) is 20.0 Å². The number of sulfone groups is 1. The second-order valence-electron chi connectivity index (χ2n) is 3.93. The van der Waals surface area contributed by atoms with E-state index in [4.69, 9.17) is 0 Å². The van der Waals surface area contributed by atoms with Gasteiger partial charge < -0.3 is 0 Å².